The molecule has 1 fully saturated rings. The number of nitrogens with one attached hydrogen (secondary N) is 2. The first-order valence-corrected chi connectivity index (χ1v) is 11.3. The van der Waals surface area contributed by atoms with E-state index in [4.69, 9.17) is 9.47 Å². The highest BCUT2D eigenvalue weighted by Gasteiger charge is 2.34. The lowest BCUT2D eigenvalue weighted by Crippen LogP contribution is -2.39. The average Bonchev–Trinajstić information content (AvgIpc) is 3.55. The van der Waals surface area contributed by atoms with E-state index in [1.807, 2.05) is 0 Å². The number of nitrogens with zero attached hydrogens (tertiary/aromatic N) is 2. The molecular weight excluding hydrogens is 432 g/mol. The highest BCUT2D eigenvalue weighted by atomic mass is 32.1. The SMILES string of the molecule is COCCCNC(=O)Cc1csc(NC(=O)CN(C(=O)c2ccc(OC)cc2)C2CC2)n1. The Morgan fingerprint density at radius 3 is 2.56 bits per heavy atom. The number of methoxy groups -OCH3 is 2. The zero-order valence-corrected chi connectivity index (χ0v) is 19.1. The van der Waals surface area contributed by atoms with E-state index >= 15 is 0 Å². The topological polar surface area (TPSA) is 110 Å². The van der Waals surface area contributed by atoms with Crippen molar-refractivity contribution in [2.24, 2.45) is 0 Å². The number of hydrogen-bond donors (Lipinski definition) is 2. The van der Waals surface area contributed by atoms with Gasteiger partial charge in [-0.25, -0.2) is 4.98 Å². The maximum Gasteiger partial charge on any atom is 0.254 e. The molecule has 3 rings (SSSR count). The van der Waals surface area contributed by atoms with Crippen LogP contribution in [0, 0.1) is 0 Å². The summed E-state index contributed by atoms with van der Waals surface area (Å²) < 4.78 is 10.1. The van der Waals surface area contributed by atoms with Crippen molar-refractivity contribution in [3.05, 3.63) is 40.9 Å². The minimum absolute atomic E-state index is 0.0512. The van der Waals surface area contributed by atoms with Crippen LogP contribution in [0.15, 0.2) is 29.6 Å². The summed E-state index contributed by atoms with van der Waals surface area (Å²) in [5.74, 6) is 0.0359. The van der Waals surface area contributed by atoms with Crippen molar-refractivity contribution in [2.75, 3.05) is 39.2 Å². The molecule has 1 aliphatic carbocycles. The lowest BCUT2D eigenvalue weighted by Gasteiger charge is -2.21. The molecular formula is C22H28N4O5S. The Balaban J connectivity index is 1.51. The van der Waals surface area contributed by atoms with Crippen LogP contribution >= 0.6 is 11.3 Å². The van der Waals surface area contributed by atoms with Crippen LogP contribution in [-0.2, 0) is 20.7 Å². The van der Waals surface area contributed by atoms with Gasteiger partial charge in [-0.05, 0) is 43.5 Å². The van der Waals surface area contributed by atoms with Gasteiger partial charge in [0, 0.05) is 37.2 Å². The smallest absolute Gasteiger partial charge is 0.254 e. The monoisotopic (exact) mass is 460 g/mol. The molecule has 0 bridgehead atoms. The molecule has 9 nitrogen and oxygen atoms in total. The summed E-state index contributed by atoms with van der Waals surface area (Å²) in [5.41, 5.74) is 1.10. The Morgan fingerprint density at radius 1 is 1.16 bits per heavy atom. The first-order chi connectivity index (χ1) is 15.5. The molecule has 1 aromatic heterocycles. The van der Waals surface area contributed by atoms with E-state index in [0.29, 0.717) is 35.3 Å². The standard InChI is InChI=1S/C22H28N4O5S/c1-30-11-3-10-23-19(27)12-16-14-32-22(24-16)25-20(28)13-26(17-6-7-17)21(29)15-4-8-18(31-2)9-5-15/h4-5,8-9,14,17H,3,6-7,10-13H2,1-2H3,(H,23,27)(H,24,25,28). The maximum atomic E-state index is 12.9. The molecule has 2 aromatic rings. The van der Waals surface area contributed by atoms with E-state index in [1.54, 1.807) is 48.8 Å². The zero-order chi connectivity index (χ0) is 22.9. The highest BCUT2D eigenvalue weighted by Crippen LogP contribution is 2.28. The van der Waals surface area contributed by atoms with E-state index < -0.39 is 0 Å². The largest absolute Gasteiger partial charge is 0.497 e. The van der Waals surface area contributed by atoms with Crippen LogP contribution < -0.4 is 15.4 Å². The lowest BCUT2D eigenvalue weighted by atomic mass is 10.2. The number of benzene rings is 1. The van der Waals surface area contributed by atoms with Gasteiger partial charge in [-0.15, -0.1) is 11.3 Å². The van der Waals surface area contributed by atoms with Crippen molar-refractivity contribution in [3.63, 3.8) is 0 Å². The van der Waals surface area contributed by atoms with Crippen LogP contribution in [0.5, 0.6) is 5.75 Å². The fourth-order valence-electron chi connectivity index (χ4n) is 3.08. The van der Waals surface area contributed by atoms with Gasteiger partial charge in [0.05, 0.1) is 19.2 Å². The molecule has 2 N–H and O–H groups in total. The molecule has 0 unspecified atom stereocenters. The van der Waals surface area contributed by atoms with Gasteiger partial charge in [0.1, 0.15) is 12.3 Å². The number of carbonyl (C=O) groups is 3. The summed E-state index contributed by atoms with van der Waals surface area (Å²) in [7, 11) is 3.18. The summed E-state index contributed by atoms with van der Waals surface area (Å²) in [5, 5.41) is 7.69. The number of hydrogen-bond acceptors (Lipinski definition) is 7. The second-order valence-corrected chi connectivity index (χ2v) is 8.32. The molecule has 0 spiro atoms. The van der Waals surface area contributed by atoms with E-state index in [0.717, 1.165) is 19.3 Å². The van der Waals surface area contributed by atoms with Crippen LogP contribution in [0.3, 0.4) is 0 Å². The van der Waals surface area contributed by atoms with Crippen LogP contribution in [-0.4, -0.2) is 67.6 Å². The Kier molecular flexibility index (Phi) is 8.57. The molecule has 0 radical (unpaired) electrons. The van der Waals surface area contributed by atoms with Crippen molar-refractivity contribution in [1.29, 1.82) is 0 Å². The van der Waals surface area contributed by atoms with Gasteiger partial charge in [-0.2, -0.15) is 0 Å². The van der Waals surface area contributed by atoms with Crippen molar-refractivity contribution in [3.8, 4) is 5.75 Å². The van der Waals surface area contributed by atoms with Gasteiger partial charge in [0.2, 0.25) is 11.8 Å². The molecule has 0 saturated heterocycles. The van der Waals surface area contributed by atoms with E-state index in [-0.39, 0.29) is 36.7 Å². The number of ether oxygens (including phenoxy) is 2. The van der Waals surface area contributed by atoms with Crippen LogP contribution in [0.4, 0.5) is 5.13 Å². The summed E-state index contributed by atoms with van der Waals surface area (Å²) >= 11 is 1.25. The third kappa shape index (κ3) is 7.03. The third-order valence-electron chi connectivity index (χ3n) is 4.89. The lowest BCUT2D eigenvalue weighted by molar-refractivity contribution is -0.120. The van der Waals surface area contributed by atoms with Crippen molar-refractivity contribution < 1.29 is 23.9 Å². The quantitative estimate of drug-likeness (QED) is 0.470. The molecule has 10 heteroatoms. The third-order valence-corrected chi connectivity index (χ3v) is 5.69. The molecule has 0 aliphatic heterocycles. The zero-order valence-electron chi connectivity index (χ0n) is 18.3. The van der Waals surface area contributed by atoms with Crippen molar-refractivity contribution >= 4 is 34.2 Å². The predicted molar refractivity (Wildman–Crippen MR) is 121 cm³/mol. The number of carbonyl (C=O) groups excluding carboxylic acids is 3. The Morgan fingerprint density at radius 2 is 1.91 bits per heavy atom. The van der Waals surface area contributed by atoms with Crippen LogP contribution in [0.1, 0.15) is 35.3 Å². The Hall–Kier alpha value is -2.98. The molecule has 1 saturated carbocycles. The molecule has 1 aromatic carbocycles. The number of thiazole rings is 1. The first-order valence-electron chi connectivity index (χ1n) is 10.4. The molecule has 0 atom stereocenters. The second kappa shape index (κ2) is 11.6. The van der Waals surface area contributed by atoms with Crippen LogP contribution in [0.25, 0.3) is 0 Å². The van der Waals surface area contributed by atoms with E-state index in [1.165, 1.54) is 11.3 Å². The predicted octanol–water partition coefficient (Wildman–Crippen LogP) is 2.09. The number of anilines is 1. The summed E-state index contributed by atoms with van der Waals surface area (Å²) in [6.45, 7) is 1.08. The molecule has 172 valence electrons. The van der Waals surface area contributed by atoms with Gasteiger partial charge in [-0.3, -0.25) is 14.4 Å². The minimum atomic E-state index is -0.316. The number of aromatic nitrogens is 1. The highest BCUT2D eigenvalue weighted by molar-refractivity contribution is 7.13. The minimum Gasteiger partial charge on any atom is -0.497 e. The Labute approximate surface area is 191 Å². The number of rotatable bonds is 12. The molecule has 1 heterocycles. The van der Waals surface area contributed by atoms with E-state index in [2.05, 4.69) is 15.6 Å². The Bertz CT molecular complexity index is 927. The first kappa shape index (κ1) is 23.7. The van der Waals surface area contributed by atoms with Gasteiger partial charge < -0.3 is 25.0 Å². The second-order valence-electron chi connectivity index (χ2n) is 7.46. The average molecular weight is 461 g/mol. The van der Waals surface area contributed by atoms with Gasteiger partial charge >= 0.3 is 0 Å². The number of amides is 3. The van der Waals surface area contributed by atoms with Gasteiger partial charge in [0.15, 0.2) is 5.13 Å². The van der Waals surface area contributed by atoms with Crippen molar-refractivity contribution in [2.45, 2.75) is 31.7 Å². The molecule has 32 heavy (non-hydrogen) atoms. The van der Waals surface area contributed by atoms with Gasteiger partial charge in [-0.1, -0.05) is 0 Å². The normalized spacial score (nSPS) is 12.8. The molecule has 1 aliphatic rings. The summed E-state index contributed by atoms with van der Waals surface area (Å²) in [4.78, 5) is 43.3. The summed E-state index contributed by atoms with van der Waals surface area (Å²) in [6.07, 6.45) is 2.66. The van der Waals surface area contributed by atoms with Crippen LogP contribution in [0.2, 0.25) is 0 Å². The fourth-order valence-corrected chi connectivity index (χ4v) is 3.81. The fraction of sp³-hybridized carbons (Fsp3) is 0.455. The maximum absolute atomic E-state index is 12.9. The summed E-state index contributed by atoms with van der Waals surface area (Å²) in [6, 6.07) is 6.92. The van der Waals surface area contributed by atoms with E-state index in [9.17, 15) is 14.4 Å². The van der Waals surface area contributed by atoms with Crippen molar-refractivity contribution in [1.82, 2.24) is 15.2 Å². The molecule has 3 amide bonds. The van der Waals surface area contributed by atoms with Gasteiger partial charge in [0.25, 0.3) is 5.91 Å².